The summed E-state index contributed by atoms with van der Waals surface area (Å²) in [6.07, 6.45) is 79.6. The Bertz CT molecular complexity index is 1130. The first-order chi connectivity index (χ1) is 37.0. The maximum atomic E-state index is 12.5. The van der Waals surface area contributed by atoms with Crippen molar-refractivity contribution >= 4 is 11.9 Å². The summed E-state index contributed by atoms with van der Waals surface area (Å²) in [4.78, 5) is 24.6. The molecule has 446 valence electrons. The first kappa shape index (κ1) is 73.6. The van der Waals surface area contributed by atoms with Gasteiger partial charge in [-0.1, -0.05) is 341 Å². The van der Waals surface area contributed by atoms with E-state index >= 15 is 0 Å². The normalized spacial score (nSPS) is 12.5. The van der Waals surface area contributed by atoms with Crippen LogP contribution < -0.4 is 5.32 Å². The zero-order chi connectivity index (χ0) is 54.3. The predicted molar refractivity (Wildman–Crippen MR) is 329 cm³/mol. The molecule has 0 radical (unpaired) electrons. The van der Waals surface area contributed by atoms with Crippen LogP contribution in [0.25, 0.3) is 0 Å². The monoisotopic (exact) mass is 1060 g/mol. The van der Waals surface area contributed by atoms with Gasteiger partial charge in [0.15, 0.2) is 0 Å². The molecule has 0 aromatic heterocycles. The summed E-state index contributed by atoms with van der Waals surface area (Å²) in [5.41, 5.74) is 0. The van der Waals surface area contributed by atoms with Crippen LogP contribution in [-0.4, -0.2) is 47.4 Å². The molecule has 0 heterocycles. The van der Waals surface area contributed by atoms with Gasteiger partial charge in [-0.15, -0.1) is 0 Å². The zero-order valence-corrected chi connectivity index (χ0v) is 51.1. The van der Waals surface area contributed by atoms with Crippen molar-refractivity contribution in [1.29, 1.82) is 0 Å². The van der Waals surface area contributed by atoms with Crippen molar-refractivity contribution in [1.82, 2.24) is 5.32 Å². The molecular formula is C69H135NO5. The Morgan fingerprint density at radius 1 is 0.360 bits per heavy atom. The highest BCUT2D eigenvalue weighted by Gasteiger charge is 2.20. The molecule has 0 saturated carbocycles. The number of carbonyl (C=O) groups is 2. The lowest BCUT2D eigenvalue weighted by atomic mass is 10.0. The summed E-state index contributed by atoms with van der Waals surface area (Å²) < 4.78 is 5.48. The second-order valence-corrected chi connectivity index (χ2v) is 23.9. The Morgan fingerprint density at radius 2 is 0.627 bits per heavy atom. The second-order valence-electron chi connectivity index (χ2n) is 23.9. The van der Waals surface area contributed by atoms with Crippen molar-refractivity contribution in [3.63, 3.8) is 0 Å². The topological polar surface area (TPSA) is 95.9 Å². The van der Waals surface area contributed by atoms with Crippen LogP contribution >= 0.6 is 0 Å². The lowest BCUT2D eigenvalue weighted by Crippen LogP contribution is -2.45. The van der Waals surface area contributed by atoms with Crippen molar-refractivity contribution in [3.05, 3.63) is 12.2 Å². The molecule has 0 aliphatic rings. The van der Waals surface area contributed by atoms with E-state index in [4.69, 9.17) is 4.74 Å². The quantitative estimate of drug-likeness (QED) is 0.0320. The lowest BCUT2D eigenvalue weighted by Gasteiger charge is -2.22. The van der Waals surface area contributed by atoms with Gasteiger partial charge in [-0.3, -0.25) is 9.59 Å². The molecule has 0 fully saturated rings. The minimum absolute atomic E-state index is 0.00698. The molecule has 0 saturated heterocycles. The van der Waals surface area contributed by atoms with Crippen LogP contribution in [0.2, 0.25) is 0 Å². The van der Waals surface area contributed by atoms with Crippen LogP contribution in [0, 0.1) is 0 Å². The number of ether oxygens (including phenoxy) is 1. The van der Waals surface area contributed by atoms with E-state index in [2.05, 4.69) is 31.3 Å². The molecule has 0 aromatic carbocycles. The maximum absolute atomic E-state index is 12.5. The fraction of sp³-hybridized carbons (Fsp3) is 0.942. The van der Waals surface area contributed by atoms with E-state index in [-0.39, 0.29) is 18.5 Å². The Morgan fingerprint density at radius 3 is 0.947 bits per heavy atom. The molecule has 0 spiro atoms. The fourth-order valence-electron chi connectivity index (χ4n) is 11.1. The Balaban J connectivity index is 3.37. The average molecular weight is 1060 g/mol. The van der Waals surface area contributed by atoms with E-state index in [0.29, 0.717) is 25.9 Å². The molecular weight excluding hydrogens is 923 g/mol. The van der Waals surface area contributed by atoms with Crippen molar-refractivity contribution in [2.45, 2.75) is 405 Å². The smallest absolute Gasteiger partial charge is 0.305 e. The number of hydrogen-bond donors (Lipinski definition) is 3. The molecule has 1 amide bonds. The number of aliphatic hydroxyl groups excluding tert-OH is 2. The van der Waals surface area contributed by atoms with Gasteiger partial charge in [0, 0.05) is 12.8 Å². The number of esters is 1. The SMILES string of the molecule is CCCCCCC/C=C\CCCCCCCC(=O)OCCCCCCCCCCCCCCCCCCCCCCCCCC(=O)NC(CO)C(O)CCCCCCCCCCCCCCCCCCCCCCC. The van der Waals surface area contributed by atoms with Gasteiger partial charge in [0.05, 0.1) is 25.4 Å². The zero-order valence-electron chi connectivity index (χ0n) is 51.1. The first-order valence-corrected chi connectivity index (χ1v) is 34.4. The Kier molecular flexibility index (Phi) is 63.9. The minimum atomic E-state index is -0.664. The lowest BCUT2D eigenvalue weighted by molar-refractivity contribution is -0.143. The number of hydrogen-bond acceptors (Lipinski definition) is 5. The molecule has 75 heavy (non-hydrogen) atoms. The molecule has 3 N–H and O–H groups in total. The molecule has 0 aromatic rings. The molecule has 0 bridgehead atoms. The summed E-state index contributed by atoms with van der Waals surface area (Å²) >= 11 is 0. The summed E-state index contributed by atoms with van der Waals surface area (Å²) in [5, 5.41) is 23.4. The highest BCUT2D eigenvalue weighted by Crippen LogP contribution is 2.19. The van der Waals surface area contributed by atoms with Crippen LogP contribution in [-0.2, 0) is 14.3 Å². The molecule has 0 rings (SSSR count). The largest absolute Gasteiger partial charge is 0.466 e. The Labute approximate surface area is 469 Å². The van der Waals surface area contributed by atoms with Crippen molar-refractivity contribution in [3.8, 4) is 0 Å². The van der Waals surface area contributed by atoms with Gasteiger partial charge in [-0.2, -0.15) is 0 Å². The van der Waals surface area contributed by atoms with E-state index in [0.717, 1.165) is 44.9 Å². The summed E-state index contributed by atoms with van der Waals surface area (Å²) in [6, 6.07) is -0.541. The molecule has 6 heteroatoms. The minimum Gasteiger partial charge on any atom is -0.466 e. The summed E-state index contributed by atoms with van der Waals surface area (Å²) in [6.45, 7) is 4.98. The highest BCUT2D eigenvalue weighted by molar-refractivity contribution is 5.76. The third-order valence-electron chi connectivity index (χ3n) is 16.3. The van der Waals surface area contributed by atoms with E-state index in [9.17, 15) is 19.8 Å². The number of carbonyl (C=O) groups excluding carboxylic acids is 2. The standard InChI is InChI=1S/C69H135NO5/c1-3-5-7-9-11-13-15-17-19-20-21-25-28-31-34-37-41-45-49-53-57-61-67(72)66(65-71)70-68(73)62-58-54-50-46-42-38-35-32-29-26-23-22-24-27-30-33-36-40-44-48-52-56-60-64-75-69(74)63-59-55-51-47-43-39-18-16-14-12-10-8-6-4-2/h16,18,66-67,71-72H,3-15,17,19-65H2,1-2H3,(H,70,73)/b18-16-. The average Bonchev–Trinajstić information content (AvgIpc) is 3.41. The van der Waals surface area contributed by atoms with Crippen LogP contribution in [0.4, 0.5) is 0 Å². The fourth-order valence-corrected chi connectivity index (χ4v) is 11.1. The van der Waals surface area contributed by atoms with Gasteiger partial charge >= 0.3 is 5.97 Å². The highest BCUT2D eigenvalue weighted by atomic mass is 16.5. The van der Waals surface area contributed by atoms with Crippen LogP contribution in [0.3, 0.4) is 0 Å². The van der Waals surface area contributed by atoms with Gasteiger partial charge < -0.3 is 20.3 Å². The number of aliphatic hydroxyl groups is 2. The van der Waals surface area contributed by atoms with Crippen LogP contribution in [0.15, 0.2) is 12.2 Å². The van der Waals surface area contributed by atoms with Crippen LogP contribution in [0.5, 0.6) is 0 Å². The molecule has 0 aliphatic heterocycles. The second kappa shape index (κ2) is 65.1. The van der Waals surface area contributed by atoms with Crippen molar-refractivity contribution < 1.29 is 24.5 Å². The first-order valence-electron chi connectivity index (χ1n) is 34.4. The van der Waals surface area contributed by atoms with Gasteiger partial charge in [-0.05, 0) is 51.4 Å². The van der Waals surface area contributed by atoms with Gasteiger partial charge in [0.2, 0.25) is 5.91 Å². The van der Waals surface area contributed by atoms with Gasteiger partial charge in [0.1, 0.15) is 0 Å². The Hall–Kier alpha value is -1.40. The van der Waals surface area contributed by atoms with E-state index < -0.39 is 12.1 Å². The number of rotatable bonds is 65. The van der Waals surface area contributed by atoms with E-state index in [1.54, 1.807) is 0 Å². The molecule has 0 aliphatic carbocycles. The van der Waals surface area contributed by atoms with Crippen molar-refractivity contribution in [2.75, 3.05) is 13.2 Å². The molecule has 6 nitrogen and oxygen atoms in total. The summed E-state index contributed by atoms with van der Waals surface area (Å²) in [5.74, 6) is -0.0228. The third-order valence-corrected chi connectivity index (χ3v) is 16.3. The molecule has 2 atom stereocenters. The number of nitrogens with one attached hydrogen (secondary N) is 1. The van der Waals surface area contributed by atoms with E-state index in [1.807, 2.05) is 0 Å². The van der Waals surface area contributed by atoms with Gasteiger partial charge in [-0.25, -0.2) is 0 Å². The maximum Gasteiger partial charge on any atom is 0.305 e. The number of amides is 1. The predicted octanol–water partition coefficient (Wildman–Crippen LogP) is 22.0. The number of unbranched alkanes of at least 4 members (excludes halogenated alkanes) is 52. The van der Waals surface area contributed by atoms with Crippen LogP contribution in [0.1, 0.15) is 393 Å². The molecule has 2 unspecified atom stereocenters. The van der Waals surface area contributed by atoms with Gasteiger partial charge in [0.25, 0.3) is 0 Å². The summed E-state index contributed by atoms with van der Waals surface area (Å²) in [7, 11) is 0. The van der Waals surface area contributed by atoms with Crippen molar-refractivity contribution in [2.24, 2.45) is 0 Å². The van der Waals surface area contributed by atoms with E-state index in [1.165, 1.54) is 315 Å². The number of allylic oxidation sites excluding steroid dienone is 2. The third kappa shape index (κ3) is 61.7.